The van der Waals surface area contributed by atoms with Gasteiger partial charge in [0.05, 0.1) is 10.5 Å². The minimum atomic E-state index is -0.389. The van der Waals surface area contributed by atoms with Crippen LogP contribution in [0.15, 0.2) is 18.2 Å². The van der Waals surface area contributed by atoms with Gasteiger partial charge in [-0.25, -0.2) is 4.39 Å². The van der Waals surface area contributed by atoms with E-state index in [0.29, 0.717) is 10.9 Å². The lowest BCUT2D eigenvalue weighted by Gasteiger charge is -2.04. The Morgan fingerprint density at radius 3 is 2.71 bits per heavy atom. The molecule has 0 aliphatic rings. The van der Waals surface area contributed by atoms with Gasteiger partial charge >= 0.3 is 0 Å². The molecule has 0 aliphatic carbocycles. The second-order valence-corrected chi connectivity index (χ2v) is 3.73. The van der Waals surface area contributed by atoms with E-state index in [2.05, 4.69) is 4.98 Å². The number of hydrogen-bond donors (Lipinski definition) is 0. The lowest BCUT2D eigenvalue weighted by molar-refractivity contribution is 0.640. The van der Waals surface area contributed by atoms with Crippen LogP contribution in [0.3, 0.4) is 0 Å². The van der Waals surface area contributed by atoms with Gasteiger partial charge in [-0.05, 0) is 37.6 Å². The molecule has 2 rings (SSSR count). The van der Waals surface area contributed by atoms with Crippen molar-refractivity contribution in [2.75, 3.05) is 0 Å². The van der Waals surface area contributed by atoms with E-state index in [-0.39, 0.29) is 10.8 Å². The molecule has 0 saturated carbocycles. The third-order valence-electron chi connectivity index (χ3n) is 2.33. The summed E-state index contributed by atoms with van der Waals surface area (Å²) in [5.41, 5.74) is 2.54. The second kappa shape index (κ2) is 3.21. The van der Waals surface area contributed by atoms with Crippen molar-refractivity contribution in [1.82, 2.24) is 4.98 Å². The number of pyridine rings is 1. The van der Waals surface area contributed by atoms with E-state index >= 15 is 0 Å². The van der Waals surface area contributed by atoms with Crippen LogP contribution in [0.5, 0.6) is 0 Å². The van der Waals surface area contributed by atoms with Crippen LogP contribution in [0.4, 0.5) is 4.39 Å². The van der Waals surface area contributed by atoms with Gasteiger partial charge in [-0.1, -0.05) is 11.6 Å². The molecule has 0 fully saturated rings. The molecule has 3 heteroatoms. The molecule has 1 aromatic carbocycles. The third kappa shape index (κ3) is 1.36. The fraction of sp³-hybridized carbons (Fsp3) is 0.182. The number of fused-ring (bicyclic) bond motifs is 1. The maximum atomic E-state index is 13.5. The first-order chi connectivity index (χ1) is 6.59. The molecule has 0 aliphatic heterocycles. The quantitative estimate of drug-likeness (QED) is 0.646. The van der Waals surface area contributed by atoms with Crippen LogP contribution in [0.1, 0.15) is 11.3 Å². The zero-order valence-electron chi connectivity index (χ0n) is 7.94. The van der Waals surface area contributed by atoms with Crippen LogP contribution < -0.4 is 0 Å². The fourth-order valence-electron chi connectivity index (χ4n) is 1.38. The van der Waals surface area contributed by atoms with E-state index in [1.54, 1.807) is 12.1 Å². The fourth-order valence-corrected chi connectivity index (χ4v) is 1.55. The molecule has 2 aromatic rings. The maximum Gasteiger partial charge on any atom is 0.151 e. The molecule has 1 heterocycles. The Morgan fingerprint density at radius 1 is 1.29 bits per heavy atom. The molecule has 0 saturated heterocycles. The lowest BCUT2D eigenvalue weighted by atomic mass is 10.1. The summed E-state index contributed by atoms with van der Waals surface area (Å²) in [4.78, 5) is 4.28. The highest BCUT2D eigenvalue weighted by molar-refractivity contribution is 6.31. The van der Waals surface area contributed by atoms with Crippen LogP contribution >= 0.6 is 11.6 Å². The summed E-state index contributed by atoms with van der Waals surface area (Å²) in [6.07, 6.45) is 0. The van der Waals surface area contributed by atoms with Crippen molar-refractivity contribution in [2.45, 2.75) is 13.8 Å². The molecule has 72 valence electrons. The largest absolute Gasteiger partial charge is 0.253 e. The molecular weight excluding hydrogens is 201 g/mol. The Kier molecular flexibility index (Phi) is 2.16. The molecule has 0 amide bonds. The predicted molar refractivity (Wildman–Crippen MR) is 56.2 cm³/mol. The van der Waals surface area contributed by atoms with Crippen molar-refractivity contribution < 1.29 is 4.39 Å². The summed E-state index contributed by atoms with van der Waals surface area (Å²) in [6, 6.07) is 5.03. The van der Waals surface area contributed by atoms with Crippen LogP contribution in [-0.2, 0) is 0 Å². The lowest BCUT2D eigenvalue weighted by Crippen LogP contribution is -1.90. The Bertz CT molecular complexity index is 508. The Morgan fingerprint density at radius 2 is 2.00 bits per heavy atom. The zero-order valence-corrected chi connectivity index (χ0v) is 8.69. The minimum absolute atomic E-state index is 0.141. The van der Waals surface area contributed by atoms with Gasteiger partial charge in [0.25, 0.3) is 0 Å². The molecule has 0 radical (unpaired) electrons. The smallest absolute Gasteiger partial charge is 0.151 e. The number of benzene rings is 1. The van der Waals surface area contributed by atoms with Gasteiger partial charge in [0.15, 0.2) is 5.82 Å². The normalized spacial score (nSPS) is 10.9. The van der Waals surface area contributed by atoms with Crippen LogP contribution in [-0.4, -0.2) is 4.98 Å². The number of aromatic nitrogens is 1. The van der Waals surface area contributed by atoms with E-state index in [1.807, 2.05) is 13.8 Å². The summed E-state index contributed by atoms with van der Waals surface area (Å²) in [5, 5.41) is 0.628. The number of halogens is 2. The first-order valence-corrected chi connectivity index (χ1v) is 4.69. The van der Waals surface area contributed by atoms with Crippen molar-refractivity contribution in [3.63, 3.8) is 0 Å². The summed E-state index contributed by atoms with van der Waals surface area (Å²) >= 11 is 5.68. The standard InChI is InChI=1S/C11H9ClFN/c1-6-5-8-10(14-7(6)2)4-3-9(12)11(8)13/h3-5H,1-2H3. The predicted octanol–water partition coefficient (Wildman–Crippen LogP) is 3.64. The molecular formula is C11H9ClFN. The highest BCUT2D eigenvalue weighted by Crippen LogP contribution is 2.24. The zero-order chi connectivity index (χ0) is 10.3. The molecule has 14 heavy (non-hydrogen) atoms. The van der Waals surface area contributed by atoms with E-state index in [4.69, 9.17) is 11.6 Å². The Hall–Kier alpha value is -1.15. The van der Waals surface area contributed by atoms with Crippen molar-refractivity contribution in [3.05, 3.63) is 40.3 Å². The molecule has 0 N–H and O–H groups in total. The van der Waals surface area contributed by atoms with Gasteiger partial charge in [-0.15, -0.1) is 0 Å². The molecule has 0 unspecified atom stereocenters. The number of aryl methyl sites for hydroxylation is 2. The Labute approximate surface area is 86.5 Å². The summed E-state index contributed by atoms with van der Waals surface area (Å²) in [7, 11) is 0. The van der Waals surface area contributed by atoms with Gasteiger partial charge in [-0.3, -0.25) is 4.98 Å². The second-order valence-electron chi connectivity index (χ2n) is 3.32. The van der Waals surface area contributed by atoms with Gasteiger partial charge in [-0.2, -0.15) is 0 Å². The Balaban J connectivity index is 2.89. The van der Waals surface area contributed by atoms with E-state index in [0.717, 1.165) is 11.3 Å². The monoisotopic (exact) mass is 209 g/mol. The van der Waals surface area contributed by atoms with Crippen LogP contribution in [0, 0.1) is 19.7 Å². The van der Waals surface area contributed by atoms with E-state index in [1.165, 1.54) is 6.07 Å². The van der Waals surface area contributed by atoms with Crippen molar-refractivity contribution in [2.24, 2.45) is 0 Å². The highest BCUT2D eigenvalue weighted by atomic mass is 35.5. The average molecular weight is 210 g/mol. The molecule has 1 nitrogen and oxygen atoms in total. The molecule has 0 bridgehead atoms. The summed E-state index contributed by atoms with van der Waals surface area (Å²) < 4.78 is 13.5. The third-order valence-corrected chi connectivity index (χ3v) is 2.62. The number of hydrogen-bond acceptors (Lipinski definition) is 1. The van der Waals surface area contributed by atoms with E-state index in [9.17, 15) is 4.39 Å². The van der Waals surface area contributed by atoms with Crippen molar-refractivity contribution >= 4 is 22.5 Å². The topological polar surface area (TPSA) is 12.9 Å². The first kappa shape index (κ1) is 9.41. The summed E-state index contributed by atoms with van der Waals surface area (Å²) in [6.45, 7) is 3.81. The van der Waals surface area contributed by atoms with Gasteiger partial charge in [0, 0.05) is 11.1 Å². The maximum absolute atomic E-state index is 13.5. The van der Waals surface area contributed by atoms with Crippen LogP contribution in [0.2, 0.25) is 5.02 Å². The average Bonchev–Trinajstić information content (AvgIpc) is 2.15. The van der Waals surface area contributed by atoms with Gasteiger partial charge in [0.1, 0.15) is 0 Å². The van der Waals surface area contributed by atoms with Gasteiger partial charge < -0.3 is 0 Å². The minimum Gasteiger partial charge on any atom is -0.253 e. The number of rotatable bonds is 0. The van der Waals surface area contributed by atoms with E-state index < -0.39 is 0 Å². The van der Waals surface area contributed by atoms with Gasteiger partial charge in [0.2, 0.25) is 0 Å². The highest BCUT2D eigenvalue weighted by Gasteiger charge is 2.07. The van der Waals surface area contributed by atoms with Crippen molar-refractivity contribution in [3.8, 4) is 0 Å². The van der Waals surface area contributed by atoms with Crippen LogP contribution in [0.25, 0.3) is 10.9 Å². The number of nitrogens with zero attached hydrogens (tertiary/aromatic N) is 1. The molecule has 0 atom stereocenters. The molecule has 1 aromatic heterocycles. The summed E-state index contributed by atoms with van der Waals surface area (Å²) in [5.74, 6) is -0.389. The van der Waals surface area contributed by atoms with Crippen molar-refractivity contribution in [1.29, 1.82) is 0 Å². The molecule has 0 spiro atoms. The SMILES string of the molecule is Cc1cc2c(F)c(Cl)ccc2nc1C. The first-order valence-electron chi connectivity index (χ1n) is 4.31.